The summed E-state index contributed by atoms with van der Waals surface area (Å²) in [5.74, 6) is 1.10. The van der Waals surface area contributed by atoms with Gasteiger partial charge in [-0.25, -0.2) is 0 Å². The van der Waals surface area contributed by atoms with E-state index >= 15 is 0 Å². The third-order valence-corrected chi connectivity index (χ3v) is 4.33. The van der Waals surface area contributed by atoms with Crippen LogP contribution in [0.15, 0.2) is 54.3 Å². The molecule has 1 aliphatic rings. The van der Waals surface area contributed by atoms with Crippen LogP contribution in [0.2, 0.25) is 0 Å². The fraction of sp³-hybridized carbons (Fsp3) is 0.312. The highest BCUT2D eigenvalue weighted by molar-refractivity contribution is 7.99. The molecule has 1 aliphatic heterocycles. The lowest BCUT2D eigenvalue weighted by molar-refractivity contribution is -0.129. The Bertz CT molecular complexity index is 493. The average Bonchev–Trinajstić information content (AvgIpc) is 2.46. The van der Waals surface area contributed by atoms with Crippen molar-refractivity contribution in [3.8, 4) is 0 Å². The van der Waals surface area contributed by atoms with E-state index in [-0.39, 0.29) is 11.3 Å². The number of nitrogens with zero attached hydrogens (tertiary/aromatic N) is 1. The molecule has 0 radical (unpaired) electrons. The first-order valence-electron chi connectivity index (χ1n) is 6.55. The minimum atomic E-state index is 0.0878. The van der Waals surface area contributed by atoms with Crippen LogP contribution in [0.25, 0.3) is 0 Å². The lowest BCUT2D eigenvalue weighted by Gasteiger charge is -2.36. The van der Waals surface area contributed by atoms with Gasteiger partial charge in [-0.1, -0.05) is 42.5 Å². The van der Waals surface area contributed by atoms with E-state index in [1.165, 1.54) is 5.56 Å². The quantitative estimate of drug-likeness (QED) is 0.772. The molecule has 3 heteroatoms. The molecule has 0 bridgehead atoms. The van der Waals surface area contributed by atoms with Crippen LogP contribution in [0.3, 0.4) is 0 Å². The van der Waals surface area contributed by atoms with Gasteiger partial charge < -0.3 is 0 Å². The van der Waals surface area contributed by atoms with Gasteiger partial charge in [-0.3, -0.25) is 9.69 Å². The van der Waals surface area contributed by atoms with Crippen LogP contribution < -0.4 is 0 Å². The van der Waals surface area contributed by atoms with Gasteiger partial charge in [0.2, 0.25) is 5.91 Å². The fourth-order valence-electron chi connectivity index (χ4n) is 2.21. The van der Waals surface area contributed by atoms with Gasteiger partial charge in [0.05, 0.1) is 0 Å². The van der Waals surface area contributed by atoms with Gasteiger partial charge in [0.25, 0.3) is 0 Å². The molecule has 0 aliphatic carbocycles. The largest absolute Gasteiger partial charge is 0.296 e. The first-order valence-corrected chi connectivity index (χ1v) is 7.60. The molecule has 0 saturated carbocycles. The summed E-state index contributed by atoms with van der Waals surface area (Å²) in [6, 6.07) is 10.2. The van der Waals surface area contributed by atoms with E-state index in [1.54, 1.807) is 0 Å². The minimum Gasteiger partial charge on any atom is -0.296 e. The lowest BCUT2D eigenvalue weighted by Crippen LogP contribution is -2.36. The van der Waals surface area contributed by atoms with Gasteiger partial charge in [0, 0.05) is 17.9 Å². The maximum Gasteiger partial charge on any atom is 0.229 e. The number of hydrogen-bond acceptors (Lipinski definition) is 2. The molecule has 1 heterocycles. The molecule has 2 nitrogen and oxygen atoms in total. The van der Waals surface area contributed by atoms with Crippen molar-refractivity contribution in [3.63, 3.8) is 0 Å². The Kier molecular flexibility index (Phi) is 4.86. The summed E-state index contributed by atoms with van der Waals surface area (Å²) in [6.45, 7) is 3.95. The molecule has 1 saturated heterocycles. The highest BCUT2D eigenvalue weighted by Gasteiger charge is 2.31. The Morgan fingerprint density at radius 2 is 2.05 bits per heavy atom. The predicted octanol–water partition coefficient (Wildman–Crippen LogP) is 4.13. The molecule has 0 aromatic heterocycles. The van der Waals surface area contributed by atoms with Crippen LogP contribution in [-0.4, -0.2) is 16.6 Å². The Morgan fingerprint density at radius 1 is 1.32 bits per heavy atom. The Labute approximate surface area is 119 Å². The van der Waals surface area contributed by atoms with Crippen LogP contribution in [0.1, 0.15) is 31.2 Å². The standard InChI is InChI=1S/C16H19NOS/c1-3-8-14(4-2)17-15(18)11-12-19-16(17)13-9-6-5-7-10-13/h3-10,16H,11-12H2,1-2H3/b8-3-,14-4+. The average molecular weight is 273 g/mol. The smallest absolute Gasteiger partial charge is 0.229 e. The zero-order valence-electron chi connectivity index (χ0n) is 11.4. The van der Waals surface area contributed by atoms with Crippen molar-refractivity contribution in [2.24, 2.45) is 0 Å². The van der Waals surface area contributed by atoms with Gasteiger partial charge in [0.1, 0.15) is 5.37 Å². The molecule has 1 aromatic carbocycles. The Balaban J connectivity index is 2.37. The number of hydrogen-bond donors (Lipinski definition) is 0. The first-order chi connectivity index (χ1) is 9.27. The third kappa shape index (κ3) is 3.10. The zero-order chi connectivity index (χ0) is 13.7. The number of thioether (sulfide) groups is 1. The molecule has 1 amide bonds. The van der Waals surface area contributed by atoms with Crippen molar-refractivity contribution in [2.45, 2.75) is 25.6 Å². The van der Waals surface area contributed by atoms with E-state index in [2.05, 4.69) is 12.1 Å². The van der Waals surface area contributed by atoms with E-state index < -0.39 is 0 Å². The monoisotopic (exact) mass is 273 g/mol. The number of carbonyl (C=O) groups excluding carboxylic acids is 1. The van der Waals surface area contributed by atoms with Crippen molar-refractivity contribution < 1.29 is 4.79 Å². The fourth-order valence-corrected chi connectivity index (χ4v) is 3.47. The van der Waals surface area contributed by atoms with Crippen LogP contribution in [0.5, 0.6) is 0 Å². The second-order valence-corrected chi connectivity index (χ2v) is 5.55. The summed E-state index contributed by atoms with van der Waals surface area (Å²) >= 11 is 1.83. The third-order valence-electron chi connectivity index (χ3n) is 3.09. The number of benzene rings is 1. The number of amides is 1. The molecule has 1 unspecified atom stereocenters. The van der Waals surface area contributed by atoms with Gasteiger partial charge in [0.15, 0.2) is 0 Å². The summed E-state index contributed by atoms with van der Waals surface area (Å²) in [7, 11) is 0. The van der Waals surface area contributed by atoms with Crippen LogP contribution >= 0.6 is 11.8 Å². The van der Waals surface area contributed by atoms with Crippen molar-refractivity contribution in [2.75, 3.05) is 5.75 Å². The maximum absolute atomic E-state index is 12.3. The normalized spacial score (nSPS) is 21.2. The van der Waals surface area contributed by atoms with Crippen molar-refractivity contribution in [1.82, 2.24) is 4.90 Å². The lowest BCUT2D eigenvalue weighted by atomic mass is 10.1. The summed E-state index contributed by atoms with van der Waals surface area (Å²) in [5, 5.41) is 0.0878. The van der Waals surface area contributed by atoms with E-state index in [9.17, 15) is 4.79 Å². The molecule has 100 valence electrons. The van der Waals surface area contributed by atoms with E-state index in [0.717, 1.165) is 11.4 Å². The van der Waals surface area contributed by atoms with Gasteiger partial charge in [-0.2, -0.15) is 0 Å². The van der Waals surface area contributed by atoms with E-state index in [4.69, 9.17) is 0 Å². The molecule has 0 N–H and O–H groups in total. The van der Waals surface area contributed by atoms with Gasteiger partial charge in [-0.05, 0) is 25.5 Å². The number of allylic oxidation sites excluding steroid dienone is 3. The summed E-state index contributed by atoms with van der Waals surface area (Å²) in [4.78, 5) is 14.2. The molecular formula is C16H19NOS. The zero-order valence-corrected chi connectivity index (χ0v) is 12.2. The molecule has 2 rings (SSSR count). The van der Waals surface area contributed by atoms with Crippen molar-refractivity contribution in [1.29, 1.82) is 0 Å². The van der Waals surface area contributed by atoms with E-state index in [1.807, 2.05) is 66.9 Å². The second kappa shape index (κ2) is 6.62. The number of rotatable bonds is 3. The first kappa shape index (κ1) is 13.9. The van der Waals surface area contributed by atoms with E-state index in [0.29, 0.717) is 6.42 Å². The predicted molar refractivity (Wildman–Crippen MR) is 81.7 cm³/mol. The second-order valence-electron chi connectivity index (χ2n) is 4.36. The van der Waals surface area contributed by atoms with Gasteiger partial charge in [-0.15, -0.1) is 11.8 Å². The molecular weight excluding hydrogens is 254 g/mol. The molecule has 19 heavy (non-hydrogen) atoms. The van der Waals surface area contributed by atoms with Crippen molar-refractivity contribution >= 4 is 17.7 Å². The van der Waals surface area contributed by atoms with Crippen LogP contribution in [0.4, 0.5) is 0 Å². The number of carbonyl (C=O) groups is 1. The highest BCUT2D eigenvalue weighted by Crippen LogP contribution is 2.39. The summed E-state index contributed by atoms with van der Waals surface area (Å²) in [6.07, 6.45) is 6.59. The Hall–Kier alpha value is -1.48. The van der Waals surface area contributed by atoms with Crippen molar-refractivity contribution in [3.05, 3.63) is 59.8 Å². The topological polar surface area (TPSA) is 20.3 Å². The SMILES string of the molecule is C/C=C\C(=C/C)N1C(=O)CCSC1c1ccccc1. The van der Waals surface area contributed by atoms with Crippen LogP contribution in [-0.2, 0) is 4.79 Å². The Morgan fingerprint density at radius 3 is 2.68 bits per heavy atom. The molecule has 1 fully saturated rings. The summed E-state index contributed by atoms with van der Waals surface area (Å²) < 4.78 is 0. The molecule has 0 spiro atoms. The van der Waals surface area contributed by atoms with Crippen LogP contribution in [0, 0.1) is 0 Å². The molecule has 1 atom stereocenters. The van der Waals surface area contributed by atoms with Gasteiger partial charge >= 0.3 is 0 Å². The highest BCUT2D eigenvalue weighted by atomic mass is 32.2. The maximum atomic E-state index is 12.3. The molecule has 1 aromatic rings. The minimum absolute atomic E-state index is 0.0878. The summed E-state index contributed by atoms with van der Waals surface area (Å²) in [5.41, 5.74) is 2.16.